The minimum Gasteiger partial charge on any atom is -0.462 e. The zero-order valence-electron chi connectivity index (χ0n) is 14.9. The first-order chi connectivity index (χ1) is 13.2. The van der Waals surface area contributed by atoms with Gasteiger partial charge in [-0.2, -0.15) is 0 Å². The topological polar surface area (TPSA) is 128 Å². The van der Waals surface area contributed by atoms with Crippen LogP contribution in [0.5, 0.6) is 0 Å². The minimum atomic E-state index is -0.776. The number of hydrogen-bond acceptors (Lipinski definition) is 6. The second-order valence-corrected chi connectivity index (χ2v) is 6.49. The van der Waals surface area contributed by atoms with Crippen molar-refractivity contribution in [3.05, 3.63) is 62.1 Å². The molecule has 0 fully saturated rings. The molecule has 0 spiro atoms. The molecule has 0 unspecified atom stereocenters. The van der Waals surface area contributed by atoms with Crippen molar-refractivity contribution in [2.24, 2.45) is 0 Å². The van der Waals surface area contributed by atoms with Gasteiger partial charge in [-0.25, -0.2) is 4.79 Å². The lowest BCUT2D eigenvalue weighted by atomic mass is 10.1. The predicted molar refractivity (Wildman–Crippen MR) is 105 cm³/mol. The maximum atomic E-state index is 12.7. The van der Waals surface area contributed by atoms with Gasteiger partial charge in [-0.05, 0) is 31.2 Å². The van der Waals surface area contributed by atoms with E-state index in [1.54, 1.807) is 25.1 Å². The molecule has 2 aromatic rings. The van der Waals surface area contributed by atoms with Gasteiger partial charge in [0.05, 0.1) is 28.5 Å². The van der Waals surface area contributed by atoms with Crippen molar-refractivity contribution in [3.8, 4) is 0 Å². The number of hydrogen-bond donors (Lipinski definition) is 2. The summed E-state index contributed by atoms with van der Waals surface area (Å²) >= 11 is 3.27. The molecular weight excluding hydrogens is 434 g/mol. The zero-order valence-corrected chi connectivity index (χ0v) is 16.5. The second-order valence-electron chi connectivity index (χ2n) is 5.57. The molecule has 10 heteroatoms. The fourth-order valence-electron chi connectivity index (χ4n) is 2.29. The van der Waals surface area contributed by atoms with E-state index in [2.05, 4.69) is 26.6 Å². The fourth-order valence-corrected chi connectivity index (χ4v) is 2.65. The number of carbonyl (C=O) groups excluding carboxylic acids is 3. The Morgan fingerprint density at radius 3 is 2.36 bits per heavy atom. The molecular formula is C18H16BrN3O6. The van der Waals surface area contributed by atoms with E-state index in [4.69, 9.17) is 4.74 Å². The van der Waals surface area contributed by atoms with E-state index < -0.39 is 22.5 Å². The third-order valence-corrected chi connectivity index (χ3v) is 3.94. The Labute approximate surface area is 168 Å². The molecule has 2 aromatic carbocycles. The quantitative estimate of drug-likeness (QED) is 0.392. The first kappa shape index (κ1) is 21.0. The summed E-state index contributed by atoms with van der Waals surface area (Å²) in [7, 11) is 0. The van der Waals surface area contributed by atoms with Crippen molar-refractivity contribution in [2.75, 3.05) is 17.2 Å². The Bertz CT molecular complexity index is 960. The third-order valence-electron chi connectivity index (χ3n) is 3.44. The first-order valence-corrected chi connectivity index (χ1v) is 8.85. The summed E-state index contributed by atoms with van der Waals surface area (Å²) in [6.07, 6.45) is 0. The molecule has 2 amide bonds. The Kier molecular flexibility index (Phi) is 6.83. The first-order valence-electron chi connectivity index (χ1n) is 8.06. The average molecular weight is 450 g/mol. The molecule has 146 valence electrons. The van der Waals surface area contributed by atoms with E-state index in [0.29, 0.717) is 10.2 Å². The van der Waals surface area contributed by atoms with Crippen molar-refractivity contribution in [3.63, 3.8) is 0 Å². The molecule has 0 aliphatic carbocycles. The van der Waals surface area contributed by atoms with E-state index in [0.717, 1.165) is 12.1 Å². The summed E-state index contributed by atoms with van der Waals surface area (Å²) in [5.41, 5.74) is -0.0191. The van der Waals surface area contributed by atoms with E-state index in [1.807, 2.05) is 0 Å². The molecule has 28 heavy (non-hydrogen) atoms. The molecule has 9 nitrogen and oxygen atoms in total. The Morgan fingerprint density at radius 1 is 1.07 bits per heavy atom. The van der Waals surface area contributed by atoms with E-state index >= 15 is 0 Å². The molecule has 2 rings (SSSR count). The number of nitrogens with zero attached hydrogens (tertiary/aromatic N) is 1. The number of esters is 1. The van der Waals surface area contributed by atoms with Crippen LogP contribution in [-0.4, -0.2) is 29.3 Å². The van der Waals surface area contributed by atoms with Gasteiger partial charge in [0.1, 0.15) is 0 Å². The van der Waals surface area contributed by atoms with Crippen molar-refractivity contribution in [1.29, 1.82) is 0 Å². The van der Waals surface area contributed by atoms with Crippen LogP contribution in [0.1, 0.15) is 34.6 Å². The fraction of sp³-hybridized carbons (Fsp3) is 0.167. The summed E-state index contributed by atoms with van der Waals surface area (Å²) < 4.78 is 5.49. The molecule has 0 heterocycles. The molecule has 0 atom stereocenters. The number of ether oxygens (including phenoxy) is 1. The van der Waals surface area contributed by atoms with Crippen molar-refractivity contribution >= 4 is 50.8 Å². The molecule has 0 bridgehead atoms. The predicted octanol–water partition coefficient (Wildman–Crippen LogP) is 3.74. The summed E-state index contributed by atoms with van der Waals surface area (Å²) in [6, 6.07) is 8.11. The number of anilines is 2. The van der Waals surface area contributed by atoms with E-state index in [1.165, 1.54) is 13.0 Å². The highest BCUT2D eigenvalue weighted by molar-refractivity contribution is 9.10. The van der Waals surface area contributed by atoms with Crippen LogP contribution >= 0.6 is 15.9 Å². The number of halogens is 1. The molecule has 0 aliphatic heterocycles. The molecule has 0 saturated carbocycles. The molecule has 2 N–H and O–H groups in total. The van der Waals surface area contributed by atoms with Gasteiger partial charge in [-0.15, -0.1) is 0 Å². The van der Waals surface area contributed by atoms with Crippen LogP contribution < -0.4 is 10.6 Å². The van der Waals surface area contributed by atoms with Crippen molar-refractivity contribution in [1.82, 2.24) is 0 Å². The highest BCUT2D eigenvalue weighted by Gasteiger charge is 2.19. The number of nitro benzene ring substituents is 1. The van der Waals surface area contributed by atoms with Gasteiger partial charge >= 0.3 is 5.97 Å². The molecule has 0 aliphatic rings. The van der Waals surface area contributed by atoms with Gasteiger partial charge < -0.3 is 15.4 Å². The molecule has 0 aromatic heterocycles. The van der Waals surface area contributed by atoms with Crippen molar-refractivity contribution in [2.45, 2.75) is 13.8 Å². The summed E-state index contributed by atoms with van der Waals surface area (Å²) in [5.74, 6) is -1.81. The lowest BCUT2D eigenvalue weighted by Crippen LogP contribution is -2.16. The lowest BCUT2D eigenvalue weighted by Gasteiger charge is -2.12. The Morgan fingerprint density at radius 2 is 1.75 bits per heavy atom. The van der Waals surface area contributed by atoms with Gasteiger partial charge in [0.25, 0.3) is 11.6 Å². The lowest BCUT2D eigenvalue weighted by molar-refractivity contribution is -0.384. The van der Waals surface area contributed by atoms with Crippen LogP contribution in [0.3, 0.4) is 0 Å². The monoisotopic (exact) mass is 449 g/mol. The van der Waals surface area contributed by atoms with E-state index in [9.17, 15) is 24.5 Å². The van der Waals surface area contributed by atoms with Crippen LogP contribution in [0.4, 0.5) is 17.1 Å². The number of nitro groups is 1. The maximum Gasteiger partial charge on any atom is 0.338 e. The number of carbonyl (C=O) groups is 3. The van der Waals surface area contributed by atoms with Gasteiger partial charge in [-0.3, -0.25) is 19.7 Å². The summed E-state index contributed by atoms with van der Waals surface area (Å²) in [4.78, 5) is 46.4. The van der Waals surface area contributed by atoms with Crippen LogP contribution in [0, 0.1) is 10.1 Å². The number of benzene rings is 2. The Balaban J connectivity index is 2.41. The maximum absolute atomic E-state index is 12.7. The largest absolute Gasteiger partial charge is 0.462 e. The van der Waals surface area contributed by atoms with Crippen LogP contribution in [0.15, 0.2) is 40.9 Å². The van der Waals surface area contributed by atoms with Crippen molar-refractivity contribution < 1.29 is 24.0 Å². The van der Waals surface area contributed by atoms with Gasteiger partial charge in [0.2, 0.25) is 5.91 Å². The standard InChI is InChI=1S/C18H16BrN3O6/c1-3-28-18(25)12-6-11(7-14(8-12)22(26)27)17(24)21-16-9-13(19)4-5-15(16)20-10(2)23/h4-9H,3H2,1-2H3,(H,20,23)(H,21,24). The third kappa shape index (κ3) is 5.36. The van der Waals surface area contributed by atoms with Crippen LogP contribution in [0.25, 0.3) is 0 Å². The van der Waals surface area contributed by atoms with Crippen LogP contribution in [-0.2, 0) is 9.53 Å². The highest BCUT2D eigenvalue weighted by atomic mass is 79.9. The highest BCUT2D eigenvalue weighted by Crippen LogP contribution is 2.27. The molecule has 0 saturated heterocycles. The number of non-ortho nitro benzene ring substituents is 1. The Hall–Kier alpha value is -3.27. The van der Waals surface area contributed by atoms with E-state index in [-0.39, 0.29) is 29.3 Å². The number of rotatable bonds is 6. The normalized spacial score (nSPS) is 10.1. The number of amides is 2. The number of nitrogens with one attached hydrogen (secondary N) is 2. The zero-order chi connectivity index (χ0) is 20.8. The summed E-state index contributed by atoms with van der Waals surface area (Å²) in [6.45, 7) is 3.00. The van der Waals surface area contributed by atoms with Crippen LogP contribution in [0.2, 0.25) is 0 Å². The SMILES string of the molecule is CCOC(=O)c1cc(C(=O)Nc2cc(Br)ccc2NC(C)=O)cc([N+](=O)[O-])c1. The van der Waals surface area contributed by atoms with Gasteiger partial charge in [-0.1, -0.05) is 15.9 Å². The second kappa shape index (κ2) is 9.09. The minimum absolute atomic E-state index is 0.0845. The summed E-state index contributed by atoms with van der Waals surface area (Å²) in [5, 5.41) is 16.3. The van der Waals surface area contributed by atoms with Gasteiger partial charge in [0.15, 0.2) is 0 Å². The average Bonchev–Trinajstić information content (AvgIpc) is 2.63. The van der Waals surface area contributed by atoms with Gasteiger partial charge in [0, 0.05) is 29.1 Å². The smallest absolute Gasteiger partial charge is 0.338 e. The molecule has 0 radical (unpaired) electrons.